The second-order valence-corrected chi connectivity index (χ2v) is 7.69. The maximum atomic E-state index is 12.5. The predicted molar refractivity (Wildman–Crippen MR) is 122 cm³/mol. The largest absolute Gasteiger partial charge is 0.493 e. The van der Waals surface area contributed by atoms with Gasteiger partial charge in [-0.2, -0.15) is 0 Å². The molecule has 0 atom stereocenters. The van der Waals surface area contributed by atoms with Crippen LogP contribution in [0.4, 0.5) is 4.79 Å². The van der Waals surface area contributed by atoms with Crippen LogP contribution in [0.2, 0.25) is 0 Å². The van der Waals surface area contributed by atoms with Gasteiger partial charge in [0.2, 0.25) is 0 Å². The van der Waals surface area contributed by atoms with Crippen molar-refractivity contribution in [2.24, 2.45) is 0 Å². The molecule has 0 spiro atoms. The molecule has 1 aliphatic rings. The minimum Gasteiger partial charge on any atom is -0.493 e. The third-order valence-corrected chi connectivity index (χ3v) is 5.48. The first kappa shape index (κ1) is 21.8. The lowest BCUT2D eigenvalue weighted by Gasteiger charge is -2.33. The maximum Gasteiger partial charge on any atom is 0.415 e. The Morgan fingerprint density at radius 1 is 0.844 bits per heavy atom. The Morgan fingerprint density at radius 2 is 1.62 bits per heavy atom. The van der Waals surface area contributed by atoms with E-state index in [0.717, 1.165) is 49.5 Å². The highest BCUT2D eigenvalue weighted by Crippen LogP contribution is 2.15. The Hall–Kier alpha value is -3.45. The molecular weight excluding hydrogens is 404 g/mol. The van der Waals surface area contributed by atoms with Crippen LogP contribution in [0.3, 0.4) is 0 Å². The van der Waals surface area contributed by atoms with E-state index in [9.17, 15) is 4.79 Å². The molecule has 0 N–H and O–H groups in total. The second-order valence-electron chi connectivity index (χ2n) is 7.69. The molecule has 0 aliphatic carbocycles. The number of amides is 1. The van der Waals surface area contributed by atoms with Crippen LogP contribution < -0.4 is 9.47 Å². The topological polar surface area (TPSA) is 67.8 Å². The SMILES string of the molecule is O=C(Oc1ccc(CCOc2ccncc2)cc1)N1CCN(CCc2ccccn2)CC1. The van der Waals surface area contributed by atoms with Crippen molar-refractivity contribution in [2.75, 3.05) is 39.3 Å². The molecule has 2 aromatic heterocycles. The Balaban J connectivity index is 1.16. The highest BCUT2D eigenvalue weighted by atomic mass is 16.6. The molecule has 1 aromatic carbocycles. The van der Waals surface area contributed by atoms with Gasteiger partial charge < -0.3 is 14.4 Å². The number of piperazine rings is 1. The normalized spacial score (nSPS) is 14.2. The fourth-order valence-electron chi connectivity index (χ4n) is 3.58. The van der Waals surface area contributed by atoms with Crippen molar-refractivity contribution in [2.45, 2.75) is 12.8 Å². The molecular formula is C25H28N4O3. The summed E-state index contributed by atoms with van der Waals surface area (Å²) in [5, 5.41) is 0. The zero-order valence-corrected chi connectivity index (χ0v) is 18.1. The zero-order valence-electron chi connectivity index (χ0n) is 18.1. The first-order valence-corrected chi connectivity index (χ1v) is 11.0. The summed E-state index contributed by atoms with van der Waals surface area (Å²) in [5.74, 6) is 1.37. The number of benzene rings is 1. The molecule has 3 aromatic rings. The van der Waals surface area contributed by atoms with Crippen LogP contribution in [0.25, 0.3) is 0 Å². The van der Waals surface area contributed by atoms with Gasteiger partial charge in [0.25, 0.3) is 0 Å². The van der Waals surface area contributed by atoms with Gasteiger partial charge in [0.1, 0.15) is 11.5 Å². The highest BCUT2D eigenvalue weighted by Gasteiger charge is 2.22. The third kappa shape index (κ3) is 6.52. The van der Waals surface area contributed by atoms with E-state index in [-0.39, 0.29) is 6.09 Å². The summed E-state index contributed by atoms with van der Waals surface area (Å²) >= 11 is 0. The van der Waals surface area contributed by atoms with Crippen molar-refractivity contribution >= 4 is 6.09 Å². The minimum atomic E-state index is -0.289. The number of pyridine rings is 2. The van der Waals surface area contributed by atoms with Crippen LogP contribution in [0, 0.1) is 0 Å². The van der Waals surface area contributed by atoms with E-state index in [4.69, 9.17) is 9.47 Å². The summed E-state index contributed by atoms with van der Waals surface area (Å²) in [7, 11) is 0. The number of ether oxygens (including phenoxy) is 2. The molecule has 1 fully saturated rings. The molecule has 1 aliphatic heterocycles. The molecule has 7 heteroatoms. The molecule has 0 saturated carbocycles. The standard InChI is InChI=1S/C25H28N4O3/c30-25(29-18-16-28(17-19-29)15-10-22-3-1-2-12-27-22)32-24-6-4-21(5-7-24)11-20-31-23-8-13-26-14-9-23/h1-9,12-14H,10-11,15-20H2. The Morgan fingerprint density at radius 3 is 2.34 bits per heavy atom. The summed E-state index contributed by atoms with van der Waals surface area (Å²) in [4.78, 5) is 25.0. The fourth-order valence-corrected chi connectivity index (χ4v) is 3.58. The van der Waals surface area contributed by atoms with Gasteiger partial charge in [0.15, 0.2) is 0 Å². The lowest BCUT2D eigenvalue weighted by Crippen LogP contribution is -2.49. The van der Waals surface area contributed by atoms with Gasteiger partial charge in [0.05, 0.1) is 6.61 Å². The number of aromatic nitrogens is 2. The van der Waals surface area contributed by atoms with E-state index in [1.807, 2.05) is 60.8 Å². The van der Waals surface area contributed by atoms with E-state index < -0.39 is 0 Å². The smallest absolute Gasteiger partial charge is 0.415 e. The first-order valence-electron chi connectivity index (χ1n) is 11.0. The van der Waals surface area contributed by atoms with Crippen molar-refractivity contribution in [1.82, 2.24) is 19.8 Å². The van der Waals surface area contributed by atoms with E-state index in [2.05, 4.69) is 14.9 Å². The molecule has 32 heavy (non-hydrogen) atoms. The van der Waals surface area contributed by atoms with Crippen LogP contribution in [-0.2, 0) is 12.8 Å². The van der Waals surface area contributed by atoms with Crippen LogP contribution in [0.15, 0.2) is 73.2 Å². The van der Waals surface area contributed by atoms with Gasteiger partial charge in [-0.3, -0.25) is 14.9 Å². The van der Waals surface area contributed by atoms with Gasteiger partial charge >= 0.3 is 6.09 Å². The molecule has 0 unspecified atom stereocenters. The lowest BCUT2D eigenvalue weighted by molar-refractivity contribution is 0.111. The molecule has 1 saturated heterocycles. The molecule has 1 amide bonds. The predicted octanol–water partition coefficient (Wildman–Crippen LogP) is 3.46. The van der Waals surface area contributed by atoms with Crippen LogP contribution in [0.5, 0.6) is 11.5 Å². The molecule has 3 heterocycles. The van der Waals surface area contributed by atoms with Gasteiger partial charge in [0, 0.05) is 69.8 Å². The maximum absolute atomic E-state index is 12.5. The van der Waals surface area contributed by atoms with Gasteiger partial charge in [-0.15, -0.1) is 0 Å². The summed E-state index contributed by atoms with van der Waals surface area (Å²) in [6.45, 7) is 4.56. The number of carbonyl (C=O) groups is 1. The lowest BCUT2D eigenvalue weighted by atomic mass is 10.1. The molecule has 7 nitrogen and oxygen atoms in total. The van der Waals surface area contributed by atoms with Crippen LogP contribution in [0.1, 0.15) is 11.3 Å². The summed E-state index contributed by atoms with van der Waals surface area (Å²) < 4.78 is 11.3. The zero-order chi connectivity index (χ0) is 22.0. The van der Waals surface area contributed by atoms with E-state index >= 15 is 0 Å². The van der Waals surface area contributed by atoms with E-state index in [1.165, 1.54) is 0 Å². The van der Waals surface area contributed by atoms with Crippen molar-refractivity contribution in [3.63, 3.8) is 0 Å². The highest BCUT2D eigenvalue weighted by molar-refractivity contribution is 5.70. The van der Waals surface area contributed by atoms with E-state index in [0.29, 0.717) is 25.4 Å². The minimum absolute atomic E-state index is 0.289. The molecule has 166 valence electrons. The fraction of sp³-hybridized carbons (Fsp3) is 0.320. The summed E-state index contributed by atoms with van der Waals surface area (Å²) in [6.07, 6.45) is 6.65. The Labute approximate surface area is 188 Å². The summed E-state index contributed by atoms with van der Waals surface area (Å²) in [5.41, 5.74) is 2.22. The Kier molecular flexibility index (Phi) is 7.65. The van der Waals surface area contributed by atoms with Gasteiger partial charge in [-0.1, -0.05) is 18.2 Å². The van der Waals surface area contributed by atoms with Crippen LogP contribution in [-0.4, -0.2) is 65.2 Å². The van der Waals surface area contributed by atoms with E-state index in [1.54, 1.807) is 17.3 Å². The summed E-state index contributed by atoms with van der Waals surface area (Å²) in [6, 6.07) is 17.3. The number of rotatable bonds is 8. The van der Waals surface area contributed by atoms with Gasteiger partial charge in [-0.05, 0) is 42.0 Å². The number of carbonyl (C=O) groups excluding carboxylic acids is 1. The first-order chi connectivity index (χ1) is 15.8. The molecule has 4 rings (SSSR count). The monoisotopic (exact) mass is 432 g/mol. The van der Waals surface area contributed by atoms with Gasteiger partial charge in [-0.25, -0.2) is 4.79 Å². The number of nitrogens with zero attached hydrogens (tertiary/aromatic N) is 4. The van der Waals surface area contributed by atoms with Crippen molar-refractivity contribution < 1.29 is 14.3 Å². The quantitative estimate of drug-likeness (QED) is 0.543. The average Bonchev–Trinajstić information content (AvgIpc) is 2.85. The van der Waals surface area contributed by atoms with Crippen LogP contribution >= 0.6 is 0 Å². The van der Waals surface area contributed by atoms with Crippen molar-refractivity contribution in [1.29, 1.82) is 0 Å². The average molecular weight is 433 g/mol. The number of hydrogen-bond acceptors (Lipinski definition) is 6. The number of hydrogen-bond donors (Lipinski definition) is 0. The second kappa shape index (κ2) is 11.2. The third-order valence-electron chi connectivity index (χ3n) is 5.48. The molecule has 0 radical (unpaired) electrons. The van der Waals surface area contributed by atoms with Crippen molar-refractivity contribution in [3.8, 4) is 11.5 Å². The molecule has 0 bridgehead atoms. The Bertz CT molecular complexity index is 959. The van der Waals surface area contributed by atoms with Crippen molar-refractivity contribution in [3.05, 3.63) is 84.4 Å².